The van der Waals surface area contributed by atoms with Crippen molar-refractivity contribution in [2.24, 2.45) is 0 Å². The standard InChI is InChI=1S/C24H27N3O3/c1-16-7-10-21(30-2)17(14-16)11-12-25-23(28)18-8-9-19-20(15-18)26-22-6-4-3-5-13-27(22)24(19)29/h7-10,14-15H,3-6,11-13H2,1-2H3,(H,25,28). The SMILES string of the molecule is COc1ccc(C)cc1CCNC(=O)c1ccc2c(=O)n3c(nc2c1)CCCCC3. The van der Waals surface area contributed by atoms with Crippen LogP contribution in [0, 0.1) is 6.92 Å². The fourth-order valence-electron chi connectivity index (χ4n) is 4.08. The molecule has 1 amide bonds. The molecule has 30 heavy (non-hydrogen) atoms. The van der Waals surface area contributed by atoms with Crippen LogP contribution in [0.15, 0.2) is 41.2 Å². The maximum absolute atomic E-state index is 12.8. The van der Waals surface area contributed by atoms with Crippen molar-refractivity contribution >= 4 is 16.8 Å². The summed E-state index contributed by atoms with van der Waals surface area (Å²) < 4.78 is 7.20. The van der Waals surface area contributed by atoms with Crippen LogP contribution in [0.5, 0.6) is 5.75 Å². The zero-order chi connectivity index (χ0) is 21.1. The van der Waals surface area contributed by atoms with Crippen molar-refractivity contribution in [3.05, 3.63) is 69.3 Å². The van der Waals surface area contributed by atoms with Crippen LogP contribution in [0.2, 0.25) is 0 Å². The predicted octanol–water partition coefficient (Wildman–Crippen LogP) is 3.41. The first-order valence-corrected chi connectivity index (χ1v) is 10.5. The van der Waals surface area contributed by atoms with Gasteiger partial charge in [0, 0.05) is 25.1 Å². The van der Waals surface area contributed by atoms with Crippen molar-refractivity contribution in [1.29, 1.82) is 0 Å². The van der Waals surface area contributed by atoms with E-state index in [0.717, 1.165) is 54.9 Å². The summed E-state index contributed by atoms with van der Waals surface area (Å²) in [5.41, 5.74) is 3.33. The number of carbonyl (C=O) groups is 1. The van der Waals surface area contributed by atoms with E-state index in [4.69, 9.17) is 9.72 Å². The molecule has 1 aliphatic heterocycles. The molecule has 0 unspecified atom stereocenters. The number of rotatable bonds is 5. The number of nitrogens with one attached hydrogen (secondary N) is 1. The number of ether oxygens (including phenoxy) is 1. The quantitative estimate of drug-likeness (QED) is 0.706. The minimum Gasteiger partial charge on any atom is -0.496 e. The lowest BCUT2D eigenvalue weighted by Gasteiger charge is -2.12. The Morgan fingerprint density at radius 3 is 2.87 bits per heavy atom. The molecule has 0 fully saturated rings. The van der Waals surface area contributed by atoms with Crippen LogP contribution < -0.4 is 15.6 Å². The Balaban J connectivity index is 1.51. The lowest BCUT2D eigenvalue weighted by atomic mass is 10.1. The van der Waals surface area contributed by atoms with Gasteiger partial charge in [-0.1, -0.05) is 24.1 Å². The molecule has 1 aromatic heterocycles. The number of methoxy groups -OCH3 is 1. The van der Waals surface area contributed by atoms with E-state index >= 15 is 0 Å². The van der Waals surface area contributed by atoms with Gasteiger partial charge in [-0.2, -0.15) is 0 Å². The molecule has 0 spiro atoms. The smallest absolute Gasteiger partial charge is 0.261 e. The topological polar surface area (TPSA) is 73.2 Å². The Bertz CT molecular complexity index is 1150. The predicted molar refractivity (Wildman–Crippen MR) is 117 cm³/mol. The number of amides is 1. The molecule has 0 bridgehead atoms. The Morgan fingerprint density at radius 1 is 1.17 bits per heavy atom. The second kappa shape index (κ2) is 8.69. The van der Waals surface area contributed by atoms with Gasteiger partial charge < -0.3 is 10.1 Å². The maximum Gasteiger partial charge on any atom is 0.261 e. The Hall–Kier alpha value is -3.15. The highest BCUT2D eigenvalue weighted by Gasteiger charge is 2.15. The summed E-state index contributed by atoms with van der Waals surface area (Å²) >= 11 is 0. The average Bonchev–Trinajstić information content (AvgIpc) is 2.99. The van der Waals surface area contributed by atoms with E-state index in [-0.39, 0.29) is 11.5 Å². The highest BCUT2D eigenvalue weighted by molar-refractivity contribution is 5.97. The summed E-state index contributed by atoms with van der Waals surface area (Å²) in [6.45, 7) is 3.26. The van der Waals surface area contributed by atoms with E-state index < -0.39 is 0 Å². The third-order valence-corrected chi connectivity index (χ3v) is 5.69. The summed E-state index contributed by atoms with van der Waals surface area (Å²) in [6, 6.07) is 11.2. The van der Waals surface area contributed by atoms with Crippen LogP contribution in [0.4, 0.5) is 0 Å². The highest BCUT2D eigenvalue weighted by Crippen LogP contribution is 2.20. The molecule has 4 rings (SSSR count). The largest absolute Gasteiger partial charge is 0.496 e. The minimum atomic E-state index is -0.166. The Morgan fingerprint density at radius 2 is 2.03 bits per heavy atom. The molecule has 0 radical (unpaired) electrons. The molecule has 0 saturated heterocycles. The lowest BCUT2D eigenvalue weighted by molar-refractivity contribution is 0.0954. The molecular formula is C24H27N3O3. The van der Waals surface area contributed by atoms with Gasteiger partial charge in [-0.3, -0.25) is 14.2 Å². The number of aromatic nitrogens is 2. The van der Waals surface area contributed by atoms with Crippen molar-refractivity contribution in [1.82, 2.24) is 14.9 Å². The summed E-state index contributed by atoms with van der Waals surface area (Å²) in [5, 5.41) is 3.54. The molecule has 6 heteroatoms. The zero-order valence-corrected chi connectivity index (χ0v) is 17.5. The van der Waals surface area contributed by atoms with Gasteiger partial charge in [-0.25, -0.2) is 4.98 Å². The first kappa shape index (κ1) is 20.1. The van der Waals surface area contributed by atoms with Gasteiger partial charge >= 0.3 is 0 Å². The number of hydrogen-bond acceptors (Lipinski definition) is 4. The van der Waals surface area contributed by atoms with Gasteiger partial charge in [0.25, 0.3) is 11.5 Å². The molecular weight excluding hydrogens is 378 g/mol. The second-order valence-corrected chi connectivity index (χ2v) is 7.85. The van der Waals surface area contributed by atoms with E-state index in [1.54, 1.807) is 29.9 Å². The molecule has 0 aliphatic carbocycles. The average molecular weight is 405 g/mol. The first-order chi connectivity index (χ1) is 14.6. The van der Waals surface area contributed by atoms with Crippen molar-refractivity contribution in [3.63, 3.8) is 0 Å². The van der Waals surface area contributed by atoms with Crippen LogP contribution >= 0.6 is 0 Å². The number of carbonyl (C=O) groups excluding carboxylic acids is 1. The van der Waals surface area contributed by atoms with Gasteiger partial charge in [0.15, 0.2) is 0 Å². The first-order valence-electron chi connectivity index (χ1n) is 10.5. The number of benzene rings is 2. The van der Waals surface area contributed by atoms with E-state index in [9.17, 15) is 9.59 Å². The third kappa shape index (κ3) is 4.08. The van der Waals surface area contributed by atoms with Crippen molar-refractivity contribution < 1.29 is 9.53 Å². The molecule has 2 aromatic carbocycles. The van der Waals surface area contributed by atoms with E-state index in [2.05, 4.69) is 11.4 Å². The fourth-order valence-corrected chi connectivity index (χ4v) is 4.08. The Labute approximate surface area is 175 Å². The van der Waals surface area contributed by atoms with Gasteiger partial charge in [0.05, 0.1) is 18.0 Å². The summed E-state index contributed by atoms with van der Waals surface area (Å²) in [5.74, 6) is 1.49. The molecule has 1 aliphatic rings. The Kier molecular flexibility index (Phi) is 5.84. The van der Waals surface area contributed by atoms with Gasteiger partial charge in [0.2, 0.25) is 0 Å². The van der Waals surface area contributed by atoms with Crippen LogP contribution in [-0.2, 0) is 19.4 Å². The van der Waals surface area contributed by atoms with Crippen molar-refractivity contribution in [2.75, 3.05) is 13.7 Å². The van der Waals surface area contributed by atoms with Gasteiger partial charge in [0.1, 0.15) is 11.6 Å². The molecule has 3 aromatic rings. The second-order valence-electron chi connectivity index (χ2n) is 7.85. The summed E-state index contributed by atoms with van der Waals surface area (Å²) in [7, 11) is 1.65. The van der Waals surface area contributed by atoms with E-state index in [1.165, 1.54) is 0 Å². The number of fused-ring (bicyclic) bond motifs is 2. The fraction of sp³-hybridized carbons (Fsp3) is 0.375. The molecule has 0 atom stereocenters. The molecule has 156 valence electrons. The van der Waals surface area contributed by atoms with Crippen LogP contribution in [0.3, 0.4) is 0 Å². The molecule has 0 saturated carbocycles. The molecule has 6 nitrogen and oxygen atoms in total. The molecule has 2 heterocycles. The van der Waals surface area contributed by atoms with Crippen molar-refractivity contribution in [2.45, 2.75) is 45.6 Å². The summed E-state index contributed by atoms with van der Waals surface area (Å²) in [6.07, 6.45) is 4.64. The van der Waals surface area contributed by atoms with Crippen LogP contribution in [0.1, 0.15) is 46.6 Å². The zero-order valence-electron chi connectivity index (χ0n) is 17.5. The third-order valence-electron chi connectivity index (χ3n) is 5.69. The maximum atomic E-state index is 12.8. The number of hydrogen-bond donors (Lipinski definition) is 1. The minimum absolute atomic E-state index is 0.00426. The van der Waals surface area contributed by atoms with Crippen molar-refractivity contribution in [3.8, 4) is 5.75 Å². The molecule has 1 N–H and O–H groups in total. The lowest BCUT2D eigenvalue weighted by Crippen LogP contribution is -2.27. The monoisotopic (exact) mass is 405 g/mol. The van der Waals surface area contributed by atoms with E-state index in [0.29, 0.717) is 29.4 Å². The van der Waals surface area contributed by atoms with Crippen LogP contribution in [0.25, 0.3) is 10.9 Å². The van der Waals surface area contributed by atoms with E-state index in [1.807, 2.05) is 19.1 Å². The number of nitrogens with zero attached hydrogens (tertiary/aromatic N) is 2. The highest BCUT2D eigenvalue weighted by atomic mass is 16.5. The van der Waals surface area contributed by atoms with Gasteiger partial charge in [-0.15, -0.1) is 0 Å². The van der Waals surface area contributed by atoms with Gasteiger partial charge in [-0.05, 0) is 56.0 Å². The normalized spacial score (nSPS) is 13.5. The summed E-state index contributed by atoms with van der Waals surface area (Å²) in [4.78, 5) is 30.2. The number of aryl methyl sites for hydroxylation is 2. The van der Waals surface area contributed by atoms with Crippen LogP contribution in [-0.4, -0.2) is 29.1 Å².